The number of thioether (sulfide) groups is 1. The Kier molecular flexibility index (Phi) is 5.45. The molecule has 0 saturated heterocycles. The van der Waals surface area contributed by atoms with Crippen LogP contribution in [-0.2, 0) is 9.84 Å². The lowest BCUT2D eigenvalue weighted by atomic mass is 10.4. The van der Waals surface area contributed by atoms with Crippen LogP contribution in [0.1, 0.15) is 16.6 Å². The van der Waals surface area contributed by atoms with Crippen LogP contribution in [0.2, 0.25) is 0 Å². The molecule has 5 nitrogen and oxygen atoms in total. The molecule has 1 heterocycles. The van der Waals surface area contributed by atoms with Crippen molar-refractivity contribution in [3.05, 3.63) is 17.5 Å². The van der Waals surface area contributed by atoms with Gasteiger partial charge < -0.3 is 11.1 Å². The molecule has 0 aliphatic heterocycles. The zero-order valence-electron chi connectivity index (χ0n) is 10.7. The second-order valence-electron chi connectivity index (χ2n) is 3.57. The van der Waals surface area contributed by atoms with Crippen LogP contribution >= 0.6 is 23.1 Å². The highest BCUT2D eigenvalue weighted by atomic mass is 32.2. The van der Waals surface area contributed by atoms with Crippen molar-refractivity contribution in [2.45, 2.75) is 16.0 Å². The monoisotopic (exact) mass is 320 g/mol. The normalized spacial score (nSPS) is 11.3. The maximum absolute atomic E-state index is 12.0. The average molecular weight is 320 g/mol. The number of carbonyl (C=O) groups excluding carboxylic acids is 1. The van der Waals surface area contributed by atoms with Crippen LogP contribution in [0, 0.1) is 0 Å². The van der Waals surface area contributed by atoms with Crippen molar-refractivity contribution in [1.82, 2.24) is 5.32 Å². The van der Waals surface area contributed by atoms with Crippen molar-refractivity contribution in [2.75, 3.05) is 24.3 Å². The number of nitrogens with one attached hydrogen (secondary N) is 1. The number of sulfone groups is 1. The summed E-state index contributed by atoms with van der Waals surface area (Å²) in [4.78, 5) is 12.2. The van der Waals surface area contributed by atoms with Gasteiger partial charge in [-0.3, -0.25) is 4.79 Å². The van der Waals surface area contributed by atoms with Crippen molar-refractivity contribution in [2.24, 2.45) is 0 Å². The molecule has 1 amide bonds. The second kappa shape index (κ2) is 6.44. The Labute approximate surface area is 121 Å². The molecule has 0 aliphatic rings. The van der Waals surface area contributed by atoms with Gasteiger partial charge in [0.1, 0.15) is 9.77 Å². The maximum atomic E-state index is 12.0. The summed E-state index contributed by atoms with van der Waals surface area (Å²) < 4.78 is 24.6. The number of rotatable bonds is 6. The first-order valence-corrected chi connectivity index (χ1v) is 9.16. The molecule has 0 radical (unpaired) electrons. The Bertz CT molecular complexity index is 591. The number of anilines is 1. The van der Waals surface area contributed by atoms with Crippen LogP contribution in [0.5, 0.6) is 0 Å². The predicted molar refractivity (Wildman–Crippen MR) is 80.8 cm³/mol. The number of nitrogen functional groups attached to an aromatic ring is 1. The van der Waals surface area contributed by atoms with Gasteiger partial charge in [0, 0.05) is 6.54 Å². The van der Waals surface area contributed by atoms with Gasteiger partial charge in [0.15, 0.2) is 9.84 Å². The van der Waals surface area contributed by atoms with Crippen LogP contribution < -0.4 is 11.1 Å². The van der Waals surface area contributed by atoms with E-state index in [0.717, 1.165) is 11.3 Å². The lowest BCUT2D eigenvalue weighted by Gasteiger charge is -2.03. The fourth-order valence-corrected chi connectivity index (χ4v) is 5.22. The summed E-state index contributed by atoms with van der Waals surface area (Å²) in [5, 5.41) is 2.59. The molecular weight excluding hydrogens is 304 g/mol. The molecule has 0 aromatic carbocycles. The van der Waals surface area contributed by atoms with Crippen LogP contribution in [0.25, 0.3) is 0 Å². The highest BCUT2D eigenvalue weighted by Gasteiger charge is 2.28. The summed E-state index contributed by atoms with van der Waals surface area (Å²) in [6.45, 7) is 5.35. The first-order chi connectivity index (χ1) is 8.88. The second-order valence-corrected chi connectivity index (χ2v) is 7.88. The third kappa shape index (κ3) is 3.31. The van der Waals surface area contributed by atoms with Crippen molar-refractivity contribution in [3.8, 4) is 0 Å². The van der Waals surface area contributed by atoms with Crippen molar-refractivity contribution in [1.29, 1.82) is 0 Å². The van der Waals surface area contributed by atoms with E-state index in [4.69, 9.17) is 5.73 Å². The number of carbonyl (C=O) groups is 1. The van der Waals surface area contributed by atoms with Crippen LogP contribution in [0.4, 0.5) is 5.69 Å². The molecule has 0 saturated carbocycles. The molecular formula is C11H16N2O3S3. The summed E-state index contributed by atoms with van der Waals surface area (Å²) in [5.41, 5.74) is 5.88. The largest absolute Gasteiger partial charge is 0.396 e. The minimum Gasteiger partial charge on any atom is -0.396 e. The SMILES string of the molecule is C=CCNC(=O)c1sc(SC)c(S(=O)(=O)CC)c1N. The Morgan fingerprint density at radius 3 is 2.68 bits per heavy atom. The zero-order chi connectivity index (χ0) is 14.6. The Balaban J connectivity index is 3.32. The summed E-state index contributed by atoms with van der Waals surface area (Å²) in [6, 6.07) is 0. The lowest BCUT2D eigenvalue weighted by molar-refractivity contribution is 0.0963. The minimum absolute atomic E-state index is 0.0396. The van der Waals surface area contributed by atoms with Gasteiger partial charge in [-0.05, 0) is 6.26 Å². The van der Waals surface area contributed by atoms with Crippen molar-refractivity contribution in [3.63, 3.8) is 0 Å². The number of thiophene rings is 1. The summed E-state index contributed by atoms with van der Waals surface area (Å²) in [7, 11) is -3.44. The summed E-state index contributed by atoms with van der Waals surface area (Å²) >= 11 is 2.37. The smallest absolute Gasteiger partial charge is 0.263 e. The molecule has 0 aliphatic carbocycles. The third-order valence-corrected chi connectivity index (χ3v) is 6.75. The molecule has 3 N–H and O–H groups in total. The Morgan fingerprint density at radius 2 is 2.21 bits per heavy atom. The van der Waals surface area contributed by atoms with E-state index in [-0.39, 0.29) is 27.1 Å². The number of hydrogen-bond donors (Lipinski definition) is 2. The molecule has 0 fully saturated rings. The summed E-state index contributed by atoms with van der Waals surface area (Å²) in [6.07, 6.45) is 3.30. The van der Waals surface area contributed by atoms with E-state index in [1.165, 1.54) is 11.8 Å². The van der Waals surface area contributed by atoms with E-state index >= 15 is 0 Å². The van der Waals surface area contributed by atoms with Crippen LogP contribution in [0.15, 0.2) is 21.8 Å². The molecule has 0 unspecified atom stereocenters. The predicted octanol–water partition coefficient (Wildman–Crippen LogP) is 1.76. The van der Waals surface area contributed by atoms with E-state index in [1.807, 2.05) is 0 Å². The average Bonchev–Trinajstić information content (AvgIpc) is 2.73. The Hall–Kier alpha value is -0.990. The van der Waals surface area contributed by atoms with E-state index in [9.17, 15) is 13.2 Å². The van der Waals surface area contributed by atoms with Crippen molar-refractivity contribution >= 4 is 44.5 Å². The fourth-order valence-electron chi connectivity index (χ4n) is 1.39. The molecule has 0 atom stereocenters. The van der Waals surface area contributed by atoms with Gasteiger partial charge >= 0.3 is 0 Å². The van der Waals surface area contributed by atoms with E-state index in [1.54, 1.807) is 19.3 Å². The molecule has 1 rings (SSSR count). The molecule has 0 spiro atoms. The minimum atomic E-state index is -3.44. The fraction of sp³-hybridized carbons (Fsp3) is 0.364. The first-order valence-electron chi connectivity index (χ1n) is 5.47. The molecule has 0 bridgehead atoms. The van der Waals surface area contributed by atoms with Gasteiger partial charge in [0.05, 0.1) is 15.6 Å². The lowest BCUT2D eigenvalue weighted by Crippen LogP contribution is -2.23. The van der Waals surface area contributed by atoms with Gasteiger partial charge in [-0.25, -0.2) is 8.42 Å². The Morgan fingerprint density at radius 1 is 1.58 bits per heavy atom. The maximum Gasteiger partial charge on any atom is 0.263 e. The van der Waals surface area contributed by atoms with E-state index in [2.05, 4.69) is 11.9 Å². The van der Waals surface area contributed by atoms with Crippen molar-refractivity contribution < 1.29 is 13.2 Å². The quantitative estimate of drug-likeness (QED) is 0.616. The third-order valence-electron chi connectivity index (χ3n) is 2.36. The standard InChI is InChI=1S/C11H16N2O3S3/c1-4-6-13-10(14)8-7(12)9(11(17-3)18-8)19(15,16)5-2/h4H,1,5-6,12H2,2-3H3,(H,13,14). The highest BCUT2D eigenvalue weighted by Crippen LogP contribution is 2.40. The van der Waals surface area contributed by atoms with Crippen LogP contribution in [0.3, 0.4) is 0 Å². The number of amides is 1. The summed E-state index contributed by atoms with van der Waals surface area (Å²) in [5.74, 6) is -0.426. The van der Waals surface area contributed by atoms with Gasteiger partial charge in [0.25, 0.3) is 5.91 Å². The topological polar surface area (TPSA) is 89.3 Å². The highest BCUT2D eigenvalue weighted by molar-refractivity contribution is 8.01. The van der Waals surface area contributed by atoms with Crippen LogP contribution in [-0.4, -0.2) is 32.9 Å². The number of nitrogens with two attached hydrogens (primary N) is 1. The molecule has 1 aromatic heterocycles. The zero-order valence-corrected chi connectivity index (χ0v) is 13.2. The first kappa shape index (κ1) is 16.1. The number of hydrogen-bond acceptors (Lipinski definition) is 6. The van der Waals surface area contributed by atoms with E-state index < -0.39 is 9.84 Å². The van der Waals surface area contributed by atoms with Gasteiger partial charge in [0.2, 0.25) is 0 Å². The molecule has 8 heteroatoms. The molecule has 19 heavy (non-hydrogen) atoms. The van der Waals surface area contributed by atoms with E-state index in [0.29, 0.717) is 10.8 Å². The van der Waals surface area contributed by atoms with Gasteiger partial charge in [-0.1, -0.05) is 13.0 Å². The molecule has 106 valence electrons. The molecule has 1 aromatic rings. The van der Waals surface area contributed by atoms with Gasteiger partial charge in [-0.15, -0.1) is 29.7 Å². The van der Waals surface area contributed by atoms with Gasteiger partial charge in [-0.2, -0.15) is 0 Å².